The van der Waals surface area contributed by atoms with E-state index in [1.807, 2.05) is 117 Å². The van der Waals surface area contributed by atoms with Gasteiger partial charge in [-0.15, -0.1) is 0 Å². The first-order chi connectivity index (χ1) is 18.0. The molecule has 1 N–H and O–H groups in total. The van der Waals surface area contributed by atoms with Gasteiger partial charge in [-0.1, -0.05) is 102 Å². The zero-order chi connectivity index (χ0) is 25.8. The van der Waals surface area contributed by atoms with Crippen molar-refractivity contribution in [3.63, 3.8) is 0 Å². The van der Waals surface area contributed by atoms with Crippen LogP contribution in [-0.2, 0) is 11.3 Å². The predicted molar refractivity (Wildman–Crippen MR) is 151 cm³/mol. The molecule has 37 heavy (non-hydrogen) atoms. The van der Waals surface area contributed by atoms with Crippen LogP contribution in [0.3, 0.4) is 0 Å². The van der Waals surface area contributed by atoms with Crippen LogP contribution in [0.15, 0.2) is 113 Å². The molecule has 5 rings (SSSR count). The summed E-state index contributed by atoms with van der Waals surface area (Å²) in [6.45, 7) is 4.43. The molecule has 1 unspecified atom stereocenters. The third-order valence-electron chi connectivity index (χ3n) is 6.36. The highest BCUT2D eigenvalue weighted by Crippen LogP contribution is 2.43. The lowest BCUT2D eigenvalue weighted by molar-refractivity contribution is -0.114. The van der Waals surface area contributed by atoms with Crippen LogP contribution >= 0.6 is 11.8 Å². The predicted octanol–water partition coefficient (Wildman–Crippen LogP) is 7.17. The smallest absolute Gasteiger partial charge is 0.265 e. The fourth-order valence-corrected chi connectivity index (χ4v) is 5.45. The van der Waals surface area contributed by atoms with Crippen molar-refractivity contribution < 1.29 is 9.59 Å². The Labute approximate surface area is 222 Å². The number of nitrogens with zero attached hydrogens (tertiary/aromatic N) is 1. The van der Waals surface area contributed by atoms with Crippen LogP contribution in [-0.4, -0.2) is 11.8 Å². The topological polar surface area (TPSA) is 49.4 Å². The molecule has 1 aliphatic rings. The van der Waals surface area contributed by atoms with E-state index in [0.29, 0.717) is 17.0 Å². The number of benzene rings is 4. The van der Waals surface area contributed by atoms with E-state index in [4.69, 9.17) is 0 Å². The molecule has 0 aromatic heterocycles. The number of rotatable bonds is 6. The van der Waals surface area contributed by atoms with Crippen LogP contribution in [0.2, 0.25) is 0 Å². The molecule has 1 heterocycles. The van der Waals surface area contributed by atoms with Gasteiger partial charge in [-0.05, 0) is 54.8 Å². The number of hydrogen-bond donors (Lipinski definition) is 1. The molecule has 0 saturated heterocycles. The number of nitrogens with one attached hydrogen (secondary N) is 1. The monoisotopic (exact) mass is 504 g/mol. The average molecular weight is 505 g/mol. The van der Waals surface area contributed by atoms with Gasteiger partial charge >= 0.3 is 0 Å². The van der Waals surface area contributed by atoms with Gasteiger partial charge in [0.15, 0.2) is 0 Å². The first kappa shape index (κ1) is 24.6. The molecule has 0 bridgehead atoms. The van der Waals surface area contributed by atoms with Crippen molar-refractivity contribution in [3.05, 3.63) is 136 Å². The summed E-state index contributed by atoms with van der Waals surface area (Å²) in [5.41, 5.74) is 5.47. The van der Waals surface area contributed by atoms with Crippen molar-refractivity contribution in [2.75, 3.05) is 4.90 Å². The summed E-state index contributed by atoms with van der Waals surface area (Å²) in [5.74, 6) is -0.240. The zero-order valence-electron chi connectivity index (χ0n) is 20.8. The van der Waals surface area contributed by atoms with Crippen LogP contribution in [0.25, 0.3) is 6.08 Å². The minimum atomic E-state index is -0.169. The maximum Gasteiger partial charge on any atom is 0.265 e. The molecule has 0 spiro atoms. The zero-order valence-corrected chi connectivity index (χ0v) is 21.7. The highest BCUT2D eigenvalue weighted by Gasteiger charge is 2.30. The minimum absolute atomic E-state index is 0.0712. The van der Waals surface area contributed by atoms with Gasteiger partial charge in [0.2, 0.25) is 0 Å². The van der Waals surface area contributed by atoms with Gasteiger partial charge in [0.25, 0.3) is 11.8 Å². The highest BCUT2D eigenvalue weighted by atomic mass is 32.2. The normalized spacial score (nSPS) is 14.8. The lowest BCUT2D eigenvalue weighted by Crippen LogP contribution is -2.34. The summed E-state index contributed by atoms with van der Waals surface area (Å²) in [4.78, 5) is 30.3. The molecule has 1 atom stereocenters. The first-order valence-electron chi connectivity index (χ1n) is 12.3. The van der Waals surface area contributed by atoms with E-state index in [9.17, 15) is 9.59 Å². The number of carbonyl (C=O) groups is 2. The van der Waals surface area contributed by atoms with Crippen LogP contribution in [0.4, 0.5) is 5.69 Å². The molecule has 4 aromatic rings. The van der Waals surface area contributed by atoms with Crippen molar-refractivity contribution >= 4 is 35.3 Å². The maximum atomic E-state index is 13.8. The van der Waals surface area contributed by atoms with Crippen molar-refractivity contribution in [1.82, 2.24) is 5.32 Å². The van der Waals surface area contributed by atoms with Gasteiger partial charge in [-0.2, -0.15) is 0 Å². The minimum Gasteiger partial charge on any atom is -0.346 e. The van der Waals surface area contributed by atoms with Crippen molar-refractivity contribution in [2.24, 2.45) is 0 Å². The summed E-state index contributed by atoms with van der Waals surface area (Å²) in [5, 5.41) is 3.08. The van der Waals surface area contributed by atoms with E-state index in [1.165, 1.54) is 11.8 Å². The van der Waals surface area contributed by atoms with Crippen molar-refractivity contribution in [2.45, 2.75) is 31.3 Å². The van der Waals surface area contributed by atoms with Crippen molar-refractivity contribution in [3.8, 4) is 0 Å². The summed E-state index contributed by atoms with van der Waals surface area (Å²) in [6, 6.07) is 33.4. The second-order valence-electron chi connectivity index (χ2n) is 9.19. The van der Waals surface area contributed by atoms with Crippen LogP contribution in [0.1, 0.15) is 45.6 Å². The van der Waals surface area contributed by atoms with E-state index in [-0.39, 0.29) is 17.9 Å². The Morgan fingerprint density at radius 3 is 2.38 bits per heavy atom. The van der Waals surface area contributed by atoms with Gasteiger partial charge in [0, 0.05) is 10.5 Å². The van der Waals surface area contributed by atoms with Gasteiger partial charge in [-0.25, -0.2) is 0 Å². The van der Waals surface area contributed by atoms with E-state index < -0.39 is 0 Å². The largest absolute Gasteiger partial charge is 0.346 e. The van der Waals surface area contributed by atoms with Crippen LogP contribution in [0, 0.1) is 6.92 Å². The average Bonchev–Trinajstić information content (AvgIpc) is 2.92. The van der Waals surface area contributed by atoms with Gasteiger partial charge in [0.05, 0.1) is 23.2 Å². The number of aryl methyl sites for hydroxylation is 1. The molecule has 4 aromatic carbocycles. The molecule has 0 saturated carbocycles. The number of fused-ring (bicyclic) bond motifs is 1. The highest BCUT2D eigenvalue weighted by molar-refractivity contribution is 8.04. The standard InChI is InChI=1S/C32H28N2O2S/c1-22-10-9-13-25(18-22)21-34-28-20-27(31(35)33-23(2)26-14-7-4-8-15-26)16-17-29(28)37-30(32(34)36)19-24-11-5-3-6-12-24/h3-20,23H,21H2,1-2H3,(H,33,35)/b30-19-. The van der Waals surface area contributed by atoms with E-state index >= 15 is 0 Å². The Kier molecular flexibility index (Phi) is 7.24. The Morgan fingerprint density at radius 2 is 1.65 bits per heavy atom. The third kappa shape index (κ3) is 5.68. The Balaban J connectivity index is 1.49. The lowest BCUT2D eigenvalue weighted by atomic mass is 10.1. The molecule has 2 amide bonds. The second-order valence-corrected chi connectivity index (χ2v) is 10.3. The number of carbonyl (C=O) groups excluding carboxylic acids is 2. The van der Waals surface area contributed by atoms with E-state index in [1.54, 1.807) is 4.90 Å². The molecular formula is C32H28N2O2S. The maximum absolute atomic E-state index is 13.8. The number of anilines is 1. The molecule has 1 aliphatic heterocycles. The molecular weight excluding hydrogens is 476 g/mol. The first-order valence-corrected chi connectivity index (χ1v) is 13.1. The van der Waals surface area contributed by atoms with Gasteiger partial charge in [-0.3, -0.25) is 9.59 Å². The Hall–Kier alpha value is -4.09. The van der Waals surface area contributed by atoms with Crippen LogP contribution < -0.4 is 10.2 Å². The summed E-state index contributed by atoms with van der Waals surface area (Å²) < 4.78 is 0. The Morgan fingerprint density at radius 1 is 0.919 bits per heavy atom. The number of thioether (sulfide) groups is 1. The molecule has 0 radical (unpaired) electrons. The lowest BCUT2D eigenvalue weighted by Gasteiger charge is -2.31. The van der Waals surface area contributed by atoms with E-state index in [0.717, 1.165) is 32.8 Å². The molecule has 0 aliphatic carbocycles. The number of hydrogen-bond acceptors (Lipinski definition) is 3. The van der Waals surface area contributed by atoms with Gasteiger partial charge in [0.1, 0.15) is 0 Å². The Bertz CT molecular complexity index is 1460. The fourth-order valence-electron chi connectivity index (χ4n) is 4.41. The summed E-state index contributed by atoms with van der Waals surface area (Å²) in [7, 11) is 0. The molecule has 0 fully saturated rings. The molecule has 184 valence electrons. The van der Waals surface area contributed by atoms with Gasteiger partial charge < -0.3 is 10.2 Å². The van der Waals surface area contributed by atoms with Crippen molar-refractivity contribution in [1.29, 1.82) is 0 Å². The van der Waals surface area contributed by atoms with E-state index in [2.05, 4.69) is 11.4 Å². The third-order valence-corrected chi connectivity index (χ3v) is 7.43. The molecule has 4 nitrogen and oxygen atoms in total. The fraction of sp³-hybridized carbons (Fsp3) is 0.125. The summed E-state index contributed by atoms with van der Waals surface area (Å²) in [6.07, 6.45) is 1.93. The molecule has 5 heteroatoms. The number of amides is 2. The summed E-state index contributed by atoms with van der Waals surface area (Å²) >= 11 is 1.45. The quantitative estimate of drug-likeness (QED) is 0.283. The second kappa shape index (κ2) is 10.9. The SMILES string of the molecule is Cc1cccc(CN2C(=O)/C(=C/c3ccccc3)Sc3ccc(C(=O)NC(C)c4ccccc4)cc32)c1. The van der Waals surface area contributed by atoms with Crippen LogP contribution in [0.5, 0.6) is 0 Å².